The van der Waals surface area contributed by atoms with Gasteiger partial charge in [0.1, 0.15) is 5.52 Å². The van der Waals surface area contributed by atoms with Gasteiger partial charge in [0.25, 0.3) is 5.56 Å². The van der Waals surface area contributed by atoms with Gasteiger partial charge in [-0.05, 0) is 50.1 Å². The Balaban J connectivity index is 1.72. The third kappa shape index (κ3) is 3.48. The highest BCUT2D eigenvalue weighted by Gasteiger charge is 2.24. The molecular formula is C23H21N5O2. The maximum Gasteiger partial charge on any atom is 0.261 e. The van der Waals surface area contributed by atoms with Crippen molar-refractivity contribution in [2.24, 2.45) is 0 Å². The first kappa shape index (κ1) is 18.6. The van der Waals surface area contributed by atoms with E-state index in [2.05, 4.69) is 15.0 Å². The van der Waals surface area contributed by atoms with Gasteiger partial charge in [0.2, 0.25) is 0 Å². The van der Waals surface area contributed by atoms with Gasteiger partial charge < -0.3 is 5.11 Å². The van der Waals surface area contributed by atoms with Gasteiger partial charge in [-0.15, -0.1) is 0 Å². The van der Waals surface area contributed by atoms with Crippen molar-refractivity contribution in [2.45, 2.75) is 38.3 Å². The highest BCUT2D eigenvalue weighted by molar-refractivity contribution is 5.93. The summed E-state index contributed by atoms with van der Waals surface area (Å²) in [4.78, 5) is 31.2. The van der Waals surface area contributed by atoms with Gasteiger partial charge in [0, 0.05) is 41.3 Å². The minimum atomic E-state index is -0.653. The number of aromatic nitrogens is 5. The van der Waals surface area contributed by atoms with Gasteiger partial charge in [-0.2, -0.15) is 0 Å². The predicted octanol–water partition coefficient (Wildman–Crippen LogP) is 3.17. The van der Waals surface area contributed by atoms with Crippen molar-refractivity contribution in [3.63, 3.8) is 0 Å². The Morgan fingerprint density at radius 2 is 2.03 bits per heavy atom. The molecule has 0 unspecified atom stereocenters. The zero-order valence-electron chi connectivity index (χ0n) is 16.6. The molecule has 0 aliphatic heterocycles. The summed E-state index contributed by atoms with van der Waals surface area (Å²) < 4.78 is 1.43. The molecule has 0 saturated heterocycles. The molecule has 0 radical (unpaired) electrons. The van der Waals surface area contributed by atoms with Gasteiger partial charge >= 0.3 is 0 Å². The predicted molar refractivity (Wildman–Crippen MR) is 114 cm³/mol. The lowest BCUT2D eigenvalue weighted by Gasteiger charge is -2.12. The molecule has 0 amide bonds. The highest BCUT2D eigenvalue weighted by Crippen LogP contribution is 2.39. The molecule has 150 valence electrons. The molecule has 1 aliphatic rings. The summed E-state index contributed by atoms with van der Waals surface area (Å²) in [5.41, 5.74) is 4.29. The highest BCUT2D eigenvalue weighted by atomic mass is 16.3. The van der Waals surface area contributed by atoms with E-state index in [0.29, 0.717) is 28.2 Å². The number of fused-ring (bicyclic) bond motifs is 1. The second kappa shape index (κ2) is 7.42. The molecule has 1 atom stereocenters. The SMILES string of the molecule is C[C@H](O)Cn1cnc2c(-c3cccnc3)nc(-c3ccc(C4CC4)nc3)cc2c1=O. The summed E-state index contributed by atoms with van der Waals surface area (Å²) in [6.07, 6.45) is 8.42. The fraction of sp³-hybridized carbons (Fsp3) is 0.261. The molecule has 0 spiro atoms. The molecule has 30 heavy (non-hydrogen) atoms. The van der Waals surface area contributed by atoms with E-state index in [-0.39, 0.29) is 12.1 Å². The number of hydrogen-bond acceptors (Lipinski definition) is 6. The fourth-order valence-corrected chi connectivity index (χ4v) is 3.61. The largest absolute Gasteiger partial charge is 0.392 e. The maximum atomic E-state index is 13.1. The zero-order chi connectivity index (χ0) is 20.7. The van der Waals surface area contributed by atoms with E-state index < -0.39 is 6.10 Å². The molecule has 1 aliphatic carbocycles. The molecule has 1 fully saturated rings. The molecule has 1 N–H and O–H groups in total. The molecule has 1 saturated carbocycles. The van der Waals surface area contributed by atoms with E-state index in [4.69, 9.17) is 4.98 Å². The van der Waals surface area contributed by atoms with Crippen molar-refractivity contribution in [1.82, 2.24) is 24.5 Å². The Hall–Kier alpha value is -3.45. The van der Waals surface area contributed by atoms with Crippen LogP contribution in [0.2, 0.25) is 0 Å². The summed E-state index contributed by atoms with van der Waals surface area (Å²) in [5.74, 6) is 0.575. The summed E-state index contributed by atoms with van der Waals surface area (Å²) in [6, 6.07) is 9.53. The first-order valence-corrected chi connectivity index (χ1v) is 10.0. The van der Waals surface area contributed by atoms with Crippen LogP contribution in [0.1, 0.15) is 31.4 Å². The van der Waals surface area contributed by atoms with Crippen LogP contribution in [0, 0.1) is 0 Å². The van der Waals surface area contributed by atoms with Crippen molar-refractivity contribution < 1.29 is 5.11 Å². The zero-order valence-corrected chi connectivity index (χ0v) is 16.6. The Bertz CT molecular complexity index is 1260. The van der Waals surface area contributed by atoms with Crippen LogP contribution in [0.3, 0.4) is 0 Å². The number of aliphatic hydroxyl groups is 1. The monoisotopic (exact) mass is 399 g/mol. The van der Waals surface area contributed by atoms with E-state index in [1.165, 1.54) is 23.7 Å². The third-order valence-corrected chi connectivity index (χ3v) is 5.28. The number of rotatable bonds is 5. The smallest absolute Gasteiger partial charge is 0.261 e. The lowest BCUT2D eigenvalue weighted by atomic mass is 10.1. The summed E-state index contributed by atoms with van der Waals surface area (Å²) in [6.45, 7) is 1.82. The summed E-state index contributed by atoms with van der Waals surface area (Å²) >= 11 is 0. The van der Waals surface area contributed by atoms with Crippen molar-refractivity contribution >= 4 is 10.9 Å². The molecule has 0 bridgehead atoms. The van der Waals surface area contributed by atoms with Gasteiger partial charge in [0.15, 0.2) is 0 Å². The second-order valence-electron chi connectivity index (χ2n) is 7.79. The van der Waals surface area contributed by atoms with Crippen LogP contribution in [0.25, 0.3) is 33.4 Å². The van der Waals surface area contributed by atoms with E-state index in [9.17, 15) is 9.90 Å². The molecule has 4 aromatic rings. The number of hydrogen-bond donors (Lipinski definition) is 1. The molecule has 7 nitrogen and oxygen atoms in total. The maximum absolute atomic E-state index is 13.1. The Morgan fingerprint density at radius 3 is 2.70 bits per heavy atom. The van der Waals surface area contributed by atoms with Crippen LogP contribution < -0.4 is 5.56 Å². The number of pyridine rings is 3. The van der Waals surface area contributed by atoms with E-state index >= 15 is 0 Å². The minimum Gasteiger partial charge on any atom is -0.392 e. The minimum absolute atomic E-state index is 0.180. The standard InChI is InChI=1S/C23H21N5O2/c1-14(29)12-28-13-26-22-18(23(28)30)9-20(27-21(22)17-3-2-8-24-10-17)16-6-7-19(25-11-16)15-4-5-15/h2-3,6-11,13-15,29H,4-5,12H2,1H3/t14-/m0/s1. The van der Waals surface area contributed by atoms with Crippen LogP contribution >= 0.6 is 0 Å². The van der Waals surface area contributed by atoms with Crippen LogP contribution in [-0.2, 0) is 6.54 Å². The molecule has 0 aromatic carbocycles. The fourth-order valence-electron chi connectivity index (χ4n) is 3.61. The van der Waals surface area contributed by atoms with E-state index in [1.54, 1.807) is 25.4 Å². The number of aliphatic hydroxyl groups excluding tert-OH is 1. The van der Waals surface area contributed by atoms with Gasteiger partial charge in [-0.25, -0.2) is 9.97 Å². The first-order chi connectivity index (χ1) is 14.6. The van der Waals surface area contributed by atoms with Gasteiger partial charge in [-0.1, -0.05) is 0 Å². The van der Waals surface area contributed by atoms with E-state index in [1.807, 2.05) is 30.5 Å². The lowest BCUT2D eigenvalue weighted by Crippen LogP contribution is -2.25. The van der Waals surface area contributed by atoms with Crippen molar-refractivity contribution in [1.29, 1.82) is 0 Å². The van der Waals surface area contributed by atoms with Crippen LogP contribution in [0.4, 0.5) is 0 Å². The average molecular weight is 399 g/mol. The van der Waals surface area contributed by atoms with Gasteiger partial charge in [0.05, 0.1) is 35.8 Å². The van der Waals surface area contributed by atoms with Crippen LogP contribution in [-0.4, -0.2) is 35.7 Å². The molecule has 7 heteroatoms. The molecule has 4 aromatic heterocycles. The topological polar surface area (TPSA) is 93.8 Å². The van der Waals surface area contributed by atoms with Crippen LogP contribution in [0.15, 0.2) is 60.0 Å². The Kier molecular flexibility index (Phi) is 4.59. The Morgan fingerprint density at radius 1 is 1.17 bits per heavy atom. The van der Waals surface area contributed by atoms with Crippen molar-refractivity contribution in [3.8, 4) is 22.5 Å². The Labute approximate surface area is 173 Å². The van der Waals surface area contributed by atoms with Crippen molar-refractivity contribution in [3.05, 3.63) is 71.3 Å². The molecular weight excluding hydrogens is 378 g/mol. The normalized spacial score (nSPS) is 14.7. The molecule has 4 heterocycles. The molecule has 5 rings (SSSR count). The quantitative estimate of drug-likeness (QED) is 0.554. The lowest BCUT2D eigenvalue weighted by molar-refractivity contribution is 0.172. The second-order valence-corrected chi connectivity index (χ2v) is 7.79. The van der Waals surface area contributed by atoms with Gasteiger partial charge in [-0.3, -0.25) is 19.3 Å². The van der Waals surface area contributed by atoms with Crippen molar-refractivity contribution in [2.75, 3.05) is 0 Å². The van der Waals surface area contributed by atoms with Crippen LogP contribution in [0.5, 0.6) is 0 Å². The summed E-state index contributed by atoms with van der Waals surface area (Å²) in [5, 5.41) is 10.2. The number of nitrogens with zero attached hydrogens (tertiary/aromatic N) is 5. The van der Waals surface area contributed by atoms with E-state index in [0.717, 1.165) is 16.8 Å². The first-order valence-electron chi connectivity index (χ1n) is 10.0. The third-order valence-electron chi connectivity index (χ3n) is 5.28. The average Bonchev–Trinajstić information content (AvgIpc) is 3.61. The summed E-state index contributed by atoms with van der Waals surface area (Å²) in [7, 11) is 0.